The van der Waals surface area contributed by atoms with Gasteiger partial charge in [0.25, 0.3) is 0 Å². The number of benzene rings is 2. The molecule has 2 unspecified atom stereocenters. The van der Waals surface area contributed by atoms with Gasteiger partial charge >= 0.3 is 128 Å². The van der Waals surface area contributed by atoms with Crippen molar-refractivity contribution >= 4 is 19.4 Å². The number of hydrogen-bond donors (Lipinski definition) is 0. The second-order valence-corrected chi connectivity index (χ2v) is 7.81. The third kappa shape index (κ3) is 3.32. The Morgan fingerprint density at radius 2 is 1.65 bits per heavy atom. The summed E-state index contributed by atoms with van der Waals surface area (Å²) in [6.07, 6.45) is 1.36. The van der Waals surface area contributed by atoms with Gasteiger partial charge in [-0.15, -0.1) is 0 Å². The molecule has 0 radical (unpaired) electrons. The Balaban J connectivity index is 1.55. The van der Waals surface area contributed by atoms with Gasteiger partial charge in [0.05, 0.1) is 0 Å². The van der Waals surface area contributed by atoms with E-state index in [4.69, 9.17) is 0 Å². The van der Waals surface area contributed by atoms with Crippen LogP contribution in [0.3, 0.4) is 0 Å². The van der Waals surface area contributed by atoms with Crippen LogP contribution in [-0.2, 0) is 6.54 Å². The van der Waals surface area contributed by atoms with E-state index in [9.17, 15) is 0 Å². The third-order valence-corrected chi connectivity index (χ3v) is 6.47. The summed E-state index contributed by atoms with van der Waals surface area (Å²) in [7, 11) is 0. The molecule has 1 nitrogen and oxygen atoms in total. The van der Waals surface area contributed by atoms with Crippen molar-refractivity contribution in [3.63, 3.8) is 0 Å². The van der Waals surface area contributed by atoms with Crippen LogP contribution in [0.25, 0.3) is 0 Å². The second-order valence-electron chi connectivity index (χ2n) is 5.52. The molecule has 0 bridgehead atoms. The number of hydrogen-bond acceptors (Lipinski definition) is 1. The summed E-state index contributed by atoms with van der Waals surface area (Å²) < 4.78 is 1.53. The van der Waals surface area contributed by atoms with Gasteiger partial charge in [-0.2, -0.15) is 0 Å². The van der Waals surface area contributed by atoms with Crippen LogP contribution in [0.1, 0.15) is 18.9 Å². The van der Waals surface area contributed by atoms with Crippen molar-refractivity contribution in [1.82, 2.24) is 4.90 Å². The SMILES string of the molecule is CC1CC(C[Se]c2ccccc2)N1Cc1ccccc1. The molecule has 0 aromatic heterocycles. The van der Waals surface area contributed by atoms with E-state index in [0.717, 1.165) is 18.6 Å². The zero-order chi connectivity index (χ0) is 13.8. The van der Waals surface area contributed by atoms with Crippen LogP contribution in [0, 0.1) is 0 Å². The molecule has 2 aromatic carbocycles. The standard InChI is InChI=1S/C18H21NSe/c1-15-12-17(14-20-18-10-6-3-7-11-18)19(15)13-16-8-4-2-5-9-16/h2-11,15,17H,12-14H2,1H3. The first-order chi connectivity index (χ1) is 9.83. The van der Waals surface area contributed by atoms with Crippen LogP contribution in [0.2, 0.25) is 5.32 Å². The average molecular weight is 330 g/mol. The molecule has 0 amide bonds. The Morgan fingerprint density at radius 3 is 2.30 bits per heavy atom. The maximum atomic E-state index is 2.67. The topological polar surface area (TPSA) is 3.24 Å². The minimum atomic E-state index is 0.612. The van der Waals surface area contributed by atoms with Gasteiger partial charge in [0.1, 0.15) is 0 Å². The quantitative estimate of drug-likeness (QED) is 0.762. The zero-order valence-electron chi connectivity index (χ0n) is 11.9. The van der Waals surface area contributed by atoms with Gasteiger partial charge < -0.3 is 0 Å². The molecular weight excluding hydrogens is 309 g/mol. The normalized spacial score (nSPS) is 22.4. The summed E-state index contributed by atoms with van der Waals surface area (Å²) in [5.74, 6) is 0. The van der Waals surface area contributed by atoms with Crippen LogP contribution >= 0.6 is 0 Å². The van der Waals surface area contributed by atoms with Crippen LogP contribution in [0.4, 0.5) is 0 Å². The van der Waals surface area contributed by atoms with Crippen molar-refractivity contribution < 1.29 is 0 Å². The van der Waals surface area contributed by atoms with Gasteiger partial charge in [0.2, 0.25) is 0 Å². The molecule has 2 heteroatoms. The predicted molar refractivity (Wildman–Crippen MR) is 86.5 cm³/mol. The van der Waals surface area contributed by atoms with E-state index >= 15 is 0 Å². The van der Waals surface area contributed by atoms with Crippen LogP contribution in [0.15, 0.2) is 60.7 Å². The fourth-order valence-corrected chi connectivity index (χ4v) is 5.07. The zero-order valence-corrected chi connectivity index (χ0v) is 13.6. The number of likely N-dealkylation sites (tertiary alicyclic amines) is 1. The number of nitrogens with zero attached hydrogens (tertiary/aromatic N) is 1. The van der Waals surface area contributed by atoms with E-state index < -0.39 is 0 Å². The van der Waals surface area contributed by atoms with E-state index in [1.54, 1.807) is 0 Å². The van der Waals surface area contributed by atoms with Gasteiger partial charge in [-0.25, -0.2) is 0 Å². The Morgan fingerprint density at radius 1 is 1.00 bits per heavy atom. The molecule has 1 saturated heterocycles. The Hall–Kier alpha value is -1.08. The van der Waals surface area contributed by atoms with Crippen LogP contribution in [-0.4, -0.2) is 31.9 Å². The predicted octanol–water partition coefficient (Wildman–Crippen LogP) is 3.10. The molecular formula is C18H21NSe. The molecule has 3 rings (SSSR count). The van der Waals surface area contributed by atoms with E-state index in [1.807, 2.05) is 0 Å². The van der Waals surface area contributed by atoms with Crippen molar-refractivity contribution in [1.29, 1.82) is 0 Å². The van der Waals surface area contributed by atoms with Gasteiger partial charge in [0.15, 0.2) is 0 Å². The summed E-state index contributed by atoms with van der Waals surface area (Å²) in [6, 6.07) is 23.3. The molecule has 0 N–H and O–H groups in total. The van der Waals surface area contributed by atoms with Gasteiger partial charge in [-0.1, -0.05) is 0 Å². The van der Waals surface area contributed by atoms with E-state index in [0.29, 0.717) is 15.0 Å². The average Bonchev–Trinajstić information content (AvgIpc) is 2.51. The Labute approximate surface area is 128 Å². The van der Waals surface area contributed by atoms with Gasteiger partial charge in [0, 0.05) is 0 Å². The van der Waals surface area contributed by atoms with Crippen molar-refractivity contribution in [2.24, 2.45) is 0 Å². The molecule has 1 aliphatic heterocycles. The van der Waals surface area contributed by atoms with Gasteiger partial charge in [-0.3, -0.25) is 0 Å². The Bertz CT molecular complexity index is 526. The van der Waals surface area contributed by atoms with Crippen LogP contribution in [0.5, 0.6) is 0 Å². The molecule has 1 heterocycles. The fourth-order valence-electron chi connectivity index (χ4n) is 2.84. The summed E-state index contributed by atoms with van der Waals surface area (Å²) in [6.45, 7) is 3.46. The van der Waals surface area contributed by atoms with Crippen LogP contribution < -0.4 is 4.46 Å². The second kappa shape index (κ2) is 6.58. The summed E-state index contributed by atoms with van der Waals surface area (Å²) in [5, 5.41) is 1.34. The van der Waals surface area contributed by atoms with Crippen molar-refractivity contribution in [3.05, 3.63) is 66.2 Å². The molecule has 2 aromatic rings. The molecule has 0 spiro atoms. The molecule has 20 heavy (non-hydrogen) atoms. The summed E-state index contributed by atoms with van der Waals surface area (Å²) >= 11 is 0.612. The molecule has 0 saturated carbocycles. The van der Waals surface area contributed by atoms with Crippen molar-refractivity contribution in [3.8, 4) is 0 Å². The van der Waals surface area contributed by atoms with Gasteiger partial charge in [-0.05, 0) is 0 Å². The molecule has 1 aliphatic rings. The molecule has 0 aliphatic carbocycles. The third-order valence-electron chi connectivity index (χ3n) is 4.04. The van der Waals surface area contributed by atoms with E-state index in [1.165, 1.54) is 21.8 Å². The first-order valence-electron chi connectivity index (χ1n) is 7.30. The fraction of sp³-hybridized carbons (Fsp3) is 0.333. The monoisotopic (exact) mass is 331 g/mol. The molecule has 2 atom stereocenters. The van der Waals surface area contributed by atoms with Crippen molar-refractivity contribution in [2.45, 2.75) is 37.3 Å². The minimum absolute atomic E-state index is 0.612. The van der Waals surface area contributed by atoms with Crippen molar-refractivity contribution in [2.75, 3.05) is 0 Å². The first-order valence-corrected chi connectivity index (χ1v) is 9.37. The van der Waals surface area contributed by atoms with E-state index in [-0.39, 0.29) is 0 Å². The first kappa shape index (κ1) is 13.9. The summed E-state index contributed by atoms with van der Waals surface area (Å²) in [4.78, 5) is 2.67. The van der Waals surface area contributed by atoms with E-state index in [2.05, 4.69) is 72.5 Å². The Kier molecular flexibility index (Phi) is 4.57. The molecule has 104 valence electrons. The summed E-state index contributed by atoms with van der Waals surface area (Å²) in [5.41, 5.74) is 1.44. The maximum absolute atomic E-state index is 2.67. The number of rotatable bonds is 5. The molecule has 1 fully saturated rings.